The first-order valence-electron chi connectivity index (χ1n) is 8.99. The number of carbonyl (C=O) groups excluding carboxylic acids is 1. The zero-order valence-electron chi connectivity index (χ0n) is 15.1. The fourth-order valence-electron chi connectivity index (χ4n) is 3.14. The number of hydrogen-bond acceptors (Lipinski definition) is 6. The van der Waals surface area contributed by atoms with Gasteiger partial charge < -0.3 is 20.1 Å². The fraction of sp³-hybridized carbons (Fsp3) is 0.250. The van der Waals surface area contributed by atoms with Crippen molar-refractivity contribution in [1.29, 1.82) is 0 Å². The summed E-state index contributed by atoms with van der Waals surface area (Å²) >= 11 is 0. The summed E-state index contributed by atoms with van der Waals surface area (Å²) in [6.07, 6.45) is 5.72. The van der Waals surface area contributed by atoms with E-state index < -0.39 is 0 Å². The summed E-state index contributed by atoms with van der Waals surface area (Å²) in [4.78, 5) is 18.9. The van der Waals surface area contributed by atoms with Crippen LogP contribution in [0.5, 0.6) is 0 Å². The SMILES string of the molecule is Cc1cc(NC(=O)c2cncc(Nc3ccc(N4CCCC4)cc3)c2)no1. The van der Waals surface area contributed by atoms with Crippen LogP contribution in [0.15, 0.2) is 53.3 Å². The van der Waals surface area contributed by atoms with E-state index in [4.69, 9.17) is 4.52 Å². The number of anilines is 4. The summed E-state index contributed by atoms with van der Waals surface area (Å²) in [5, 5.41) is 9.75. The van der Waals surface area contributed by atoms with Crippen LogP contribution >= 0.6 is 0 Å². The molecule has 1 amide bonds. The summed E-state index contributed by atoms with van der Waals surface area (Å²) in [6.45, 7) is 4.02. The number of rotatable bonds is 5. The topological polar surface area (TPSA) is 83.3 Å². The Morgan fingerprint density at radius 3 is 2.56 bits per heavy atom. The van der Waals surface area contributed by atoms with Crippen LogP contribution in [0.2, 0.25) is 0 Å². The van der Waals surface area contributed by atoms with E-state index in [1.54, 1.807) is 25.3 Å². The van der Waals surface area contributed by atoms with Gasteiger partial charge in [-0.15, -0.1) is 0 Å². The van der Waals surface area contributed by atoms with Crippen molar-refractivity contribution in [3.8, 4) is 0 Å². The molecule has 0 unspecified atom stereocenters. The maximum Gasteiger partial charge on any atom is 0.258 e. The molecule has 27 heavy (non-hydrogen) atoms. The van der Waals surface area contributed by atoms with Gasteiger partial charge in [-0.25, -0.2) is 0 Å². The van der Waals surface area contributed by atoms with Crippen LogP contribution in [0.1, 0.15) is 29.0 Å². The fourth-order valence-corrected chi connectivity index (χ4v) is 3.14. The van der Waals surface area contributed by atoms with Crippen molar-refractivity contribution in [2.75, 3.05) is 28.6 Å². The van der Waals surface area contributed by atoms with Crippen LogP contribution in [0.4, 0.5) is 22.9 Å². The first-order chi connectivity index (χ1) is 13.2. The zero-order valence-corrected chi connectivity index (χ0v) is 15.1. The van der Waals surface area contributed by atoms with Crippen molar-refractivity contribution in [3.63, 3.8) is 0 Å². The lowest BCUT2D eigenvalue weighted by atomic mass is 10.2. The van der Waals surface area contributed by atoms with Gasteiger partial charge in [0.15, 0.2) is 5.82 Å². The van der Waals surface area contributed by atoms with Crippen molar-refractivity contribution in [1.82, 2.24) is 10.1 Å². The van der Waals surface area contributed by atoms with E-state index in [9.17, 15) is 4.79 Å². The number of amides is 1. The van der Waals surface area contributed by atoms with Gasteiger partial charge >= 0.3 is 0 Å². The van der Waals surface area contributed by atoms with Gasteiger partial charge in [0.1, 0.15) is 5.76 Å². The van der Waals surface area contributed by atoms with Gasteiger partial charge in [0.25, 0.3) is 5.91 Å². The summed E-state index contributed by atoms with van der Waals surface area (Å²) in [7, 11) is 0. The first kappa shape index (κ1) is 17.1. The summed E-state index contributed by atoms with van der Waals surface area (Å²) in [5.41, 5.74) is 3.37. The maximum absolute atomic E-state index is 12.4. The molecule has 138 valence electrons. The van der Waals surface area contributed by atoms with E-state index >= 15 is 0 Å². The minimum Gasteiger partial charge on any atom is -0.372 e. The Bertz CT molecular complexity index is 930. The van der Waals surface area contributed by atoms with Gasteiger partial charge in [-0.3, -0.25) is 9.78 Å². The smallest absolute Gasteiger partial charge is 0.258 e. The number of aromatic nitrogens is 2. The van der Waals surface area contributed by atoms with E-state index in [1.165, 1.54) is 24.7 Å². The van der Waals surface area contributed by atoms with Crippen molar-refractivity contribution >= 4 is 28.8 Å². The molecule has 1 fully saturated rings. The highest BCUT2D eigenvalue weighted by atomic mass is 16.5. The van der Waals surface area contributed by atoms with Gasteiger partial charge in [0.2, 0.25) is 0 Å². The predicted octanol–water partition coefficient (Wildman–Crippen LogP) is 3.97. The van der Waals surface area contributed by atoms with E-state index in [1.807, 2.05) is 12.1 Å². The molecule has 2 N–H and O–H groups in total. The predicted molar refractivity (Wildman–Crippen MR) is 105 cm³/mol. The lowest BCUT2D eigenvalue weighted by Crippen LogP contribution is -2.17. The largest absolute Gasteiger partial charge is 0.372 e. The van der Waals surface area contributed by atoms with Crippen LogP contribution in [-0.2, 0) is 0 Å². The lowest BCUT2D eigenvalue weighted by Gasteiger charge is -2.18. The molecule has 0 atom stereocenters. The van der Waals surface area contributed by atoms with Crippen molar-refractivity contribution < 1.29 is 9.32 Å². The molecular weight excluding hydrogens is 342 g/mol. The number of nitrogens with zero attached hydrogens (tertiary/aromatic N) is 3. The molecule has 2 aromatic heterocycles. The molecule has 0 aliphatic carbocycles. The highest BCUT2D eigenvalue weighted by Crippen LogP contribution is 2.24. The average molecular weight is 363 g/mol. The molecule has 0 bridgehead atoms. The van der Waals surface area contributed by atoms with Gasteiger partial charge in [-0.2, -0.15) is 0 Å². The highest BCUT2D eigenvalue weighted by molar-refractivity contribution is 6.04. The summed E-state index contributed by atoms with van der Waals surface area (Å²) in [5.74, 6) is 0.730. The molecule has 1 aliphatic rings. The molecular formula is C20H21N5O2. The van der Waals surface area contributed by atoms with Crippen LogP contribution in [0.3, 0.4) is 0 Å². The Labute approximate surface area is 157 Å². The third-order valence-corrected chi connectivity index (χ3v) is 4.50. The Morgan fingerprint density at radius 2 is 1.85 bits per heavy atom. The molecule has 1 aromatic carbocycles. The van der Waals surface area contributed by atoms with Gasteiger partial charge in [0, 0.05) is 36.7 Å². The molecule has 7 heteroatoms. The van der Waals surface area contributed by atoms with Crippen LogP contribution in [0, 0.1) is 6.92 Å². The third kappa shape index (κ3) is 4.08. The van der Waals surface area contributed by atoms with Crippen LogP contribution < -0.4 is 15.5 Å². The van der Waals surface area contributed by atoms with Crippen molar-refractivity contribution in [3.05, 3.63) is 60.1 Å². The first-order valence-corrected chi connectivity index (χ1v) is 8.99. The number of carbonyl (C=O) groups is 1. The quantitative estimate of drug-likeness (QED) is 0.713. The molecule has 4 rings (SSSR count). The Kier molecular flexibility index (Phi) is 4.74. The Morgan fingerprint density at radius 1 is 1.07 bits per heavy atom. The van der Waals surface area contributed by atoms with E-state index in [0.29, 0.717) is 17.1 Å². The monoisotopic (exact) mass is 363 g/mol. The summed E-state index contributed by atoms with van der Waals surface area (Å²) in [6, 6.07) is 11.7. The second kappa shape index (κ2) is 7.49. The molecule has 0 radical (unpaired) electrons. The van der Waals surface area contributed by atoms with Crippen molar-refractivity contribution in [2.45, 2.75) is 19.8 Å². The zero-order chi connectivity index (χ0) is 18.6. The standard InChI is InChI=1S/C20H21N5O2/c1-14-10-19(24-27-14)23-20(26)15-11-17(13-21-12-15)22-16-4-6-18(7-5-16)25-8-2-3-9-25/h4-7,10-13,22H,2-3,8-9H2,1H3,(H,23,24,26). The number of benzene rings is 1. The molecule has 3 heterocycles. The van der Waals surface area contributed by atoms with Crippen LogP contribution in [0.25, 0.3) is 0 Å². The van der Waals surface area contributed by atoms with E-state index in [0.717, 1.165) is 24.5 Å². The Hall–Kier alpha value is -3.35. The number of hydrogen-bond donors (Lipinski definition) is 2. The normalized spacial score (nSPS) is 13.6. The molecule has 1 saturated heterocycles. The van der Waals surface area contributed by atoms with Gasteiger partial charge in [-0.1, -0.05) is 5.16 Å². The Balaban J connectivity index is 1.43. The van der Waals surface area contributed by atoms with Crippen LogP contribution in [-0.4, -0.2) is 29.1 Å². The number of aryl methyl sites for hydroxylation is 1. The molecule has 3 aromatic rings. The minimum atomic E-state index is -0.288. The minimum absolute atomic E-state index is 0.288. The summed E-state index contributed by atoms with van der Waals surface area (Å²) < 4.78 is 4.95. The molecule has 0 spiro atoms. The average Bonchev–Trinajstić information content (AvgIpc) is 3.35. The van der Waals surface area contributed by atoms with E-state index in [-0.39, 0.29) is 5.91 Å². The highest BCUT2D eigenvalue weighted by Gasteiger charge is 2.12. The second-order valence-electron chi connectivity index (χ2n) is 6.61. The molecule has 0 saturated carbocycles. The second-order valence-corrected chi connectivity index (χ2v) is 6.61. The van der Waals surface area contributed by atoms with E-state index in [2.05, 4.69) is 37.8 Å². The number of nitrogens with one attached hydrogen (secondary N) is 2. The third-order valence-electron chi connectivity index (χ3n) is 4.50. The molecule has 7 nitrogen and oxygen atoms in total. The van der Waals surface area contributed by atoms with Gasteiger partial charge in [0.05, 0.1) is 17.4 Å². The lowest BCUT2D eigenvalue weighted by molar-refractivity contribution is 0.102. The van der Waals surface area contributed by atoms with Crippen molar-refractivity contribution in [2.24, 2.45) is 0 Å². The van der Waals surface area contributed by atoms with Gasteiger partial charge in [-0.05, 0) is 50.1 Å². The number of pyridine rings is 1. The molecule has 1 aliphatic heterocycles. The maximum atomic E-state index is 12.4.